The lowest BCUT2D eigenvalue weighted by molar-refractivity contribution is 0.574. The minimum atomic E-state index is 0.591. The van der Waals surface area contributed by atoms with Crippen molar-refractivity contribution in [2.24, 2.45) is 0 Å². The lowest BCUT2D eigenvalue weighted by atomic mass is 9.98. The highest BCUT2D eigenvalue weighted by Gasteiger charge is 2.21. The van der Waals surface area contributed by atoms with Gasteiger partial charge in [0.1, 0.15) is 5.52 Å². The fourth-order valence-electron chi connectivity index (χ4n) is 6.10. The molecule has 0 radical (unpaired) electrons. The first-order chi connectivity index (χ1) is 19.3. The van der Waals surface area contributed by atoms with E-state index in [1.807, 2.05) is 0 Å². The predicted molar refractivity (Wildman–Crippen MR) is 164 cm³/mol. The van der Waals surface area contributed by atoms with E-state index in [0.717, 1.165) is 22.1 Å². The van der Waals surface area contributed by atoms with Crippen LogP contribution in [-0.2, 0) is 0 Å². The third-order valence-electron chi connectivity index (χ3n) is 7.82. The zero-order valence-electron chi connectivity index (χ0n) is 20.8. The zero-order chi connectivity index (χ0) is 25.5. The summed E-state index contributed by atoms with van der Waals surface area (Å²) in [5.74, 6) is 0. The van der Waals surface area contributed by atoms with Crippen molar-refractivity contribution in [3.05, 3.63) is 121 Å². The van der Waals surface area contributed by atoms with Crippen molar-refractivity contribution in [3.63, 3.8) is 0 Å². The lowest BCUT2D eigenvalue weighted by Gasteiger charge is -2.05. The summed E-state index contributed by atoms with van der Waals surface area (Å²) in [5, 5.41) is 7.20. The fraction of sp³-hybridized carbons (Fsp3) is 0. The van der Waals surface area contributed by atoms with Crippen LogP contribution in [0, 0.1) is 0 Å². The van der Waals surface area contributed by atoms with Crippen LogP contribution in [0.25, 0.3) is 81.0 Å². The smallest absolute Gasteiger partial charge is 0.307 e. The summed E-state index contributed by atoms with van der Waals surface area (Å²) in [6, 6.07) is 43.6. The highest BCUT2D eigenvalue weighted by Crippen LogP contribution is 2.42. The zero-order valence-corrected chi connectivity index (χ0v) is 21.6. The van der Waals surface area contributed by atoms with Gasteiger partial charge in [-0.2, -0.15) is 4.98 Å². The number of hydrogen-bond donors (Lipinski definition) is 0. The van der Waals surface area contributed by atoms with E-state index in [0.29, 0.717) is 6.01 Å². The van der Waals surface area contributed by atoms with Crippen LogP contribution >= 0.6 is 11.3 Å². The van der Waals surface area contributed by atoms with Crippen LogP contribution in [-0.4, -0.2) is 9.55 Å². The molecule has 0 amide bonds. The van der Waals surface area contributed by atoms with Crippen LogP contribution in [0.4, 0.5) is 0 Å². The molecule has 3 nitrogen and oxygen atoms in total. The molecule has 0 bridgehead atoms. The van der Waals surface area contributed by atoms with Crippen molar-refractivity contribution in [2.45, 2.75) is 0 Å². The first kappa shape index (κ1) is 21.1. The molecule has 0 spiro atoms. The largest absolute Gasteiger partial charge is 0.423 e. The minimum Gasteiger partial charge on any atom is -0.423 e. The molecule has 182 valence electrons. The maximum absolute atomic E-state index is 6.57. The van der Waals surface area contributed by atoms with Crippen molar-refractivity contribution in [3.8, 4) is 17.1 Å². The molecule has 3 aromatic heterocycles. The van der Waals surface area contributed by atoms with Gasteiger partial charge in [-0.25, -0.2) is 0 Å². The Morgan fingerprint density at radius 3 is 2.28 bits per heavy atom. The van der Waals surface area contributed by atoms with E-state index in [9.17, 15) is 0 Å². The van der Waals surface area contributed by atoms with Crippen LogP contribution in [0.2, 0.25) is 0 Å². The molecule has 0 aliphatic carbocycles. The van der Waals surface area contributed by atoms with Gasteiger partial charge in [-0.3, -0.25) is 4.57 Å². The Kier molecular flexibility index (Phi) is 4.21. The second kappa shape index (κ2) is 7.79. The minimum absolute atomic E-state index is 0.591. The molecule has 0 unspecified atom stereocenters. The molecule has 0 saturated heterocycles. The van der Waals surface area contributed by atoms with Gasteiger partial charge in [0.25, 0.3) is 0 Å². The molecule has 4 heteroatoms. The molecule has 39 heavy (non-hydrogen) atoms. The van der Waals surface area contributed by atoms with Gasteiger partial charge in [0.05, 0.1) is 11.0 Å². The van der Waals surface area contributed by atoms with Crippen LogP contribution in [0.1, 0.15) is 0 Å². The van der Waals surface area contributed by atoms with Crippen molar-refractivity contribution in [2.75, 3.05) is 0 Å². The number of aromatic nitrogens is 2. The van der Waals surface area contributed by atoms with E-state index in [4.69, 9.17) is 9.40 Å². The topological polar surface area (TPSA) is 31.0 Å². The molecule has 0 atom stereocenters. The van der Waals surface area contributed by atoms with E-state index in [2.05, 4.69) is 126 Å². The standard InChI is InChI=1S/C35H20N2OS/c1-2-9-21(10-3-1)24-14-8-15-27-32(24)26-19-22-11-4-5-12-23(22)20-28(26)37(27)35-36-34-29(38-35)17-18-31-33(34)25-13-6-7-16-30(25)39-31/h1-20H. The molecule has 0 fully saturated rings. The number of rotatable bonds is 2. The maximum Gasteiger partial charge on any atom is 0.307 e. The van der Waals surface area contributed by atoms with Gasteiger partial charge in [0, 0.05) is 30.9 Å². The predicted octanol–water partition coefficient (Wildman–Crippen LogP) is 10.1. The number of nitrogens with zero attached hydrogens (tertiary/aromatic N) is 2. The number of hydrogen-bond acceptors (Lipinski definition) is 3. The molecule has 6 aromatic carbocycles. The van der Waals surface area contributed by atoms with E-state index < -0.39 is 0 Å². The Labute approximate surface area is 227 Å². The normalized spacial score (nSPS) is 12.1. The quantitative estimate of drug-likeness (QED) is 0.229. The van der Waals surface area contributed by atoms with Gasteiger partial charge < -0.3 is 4.42 Å². The summed E-state index contributed by atoms with van der Waals surface area (Å²) in [5.41, 5.74) is 6.28. The van der Waals surface area contributed by atoms with Gasteiger partial charge in [-0.15, -0.1) is 11.3 Å². The molecule has 0 aliphatic heterocycles. The highest BCUT2D eigenvalue weighted by molar-refractivity contribution is 7.26. The first-order valence-corrected chi connectivity index (χ1v) is 13.9. The average molecular weight is 517 g/mol. The van der Waals surface area contributed by atoms with Gasteiger partial charge in [-0.1, -0.05) is 84.9 Å². The summed E-state index contributed by atoms with van der Waals surface area (Å²) in [6.45, 7) is 0. The number of benzene rings is 6. The van der Waals surface area contributed by atoms with Gasteiger partial charge in [0.15, 0.2) is 5.58 Å². The third kappa shape index (κ3) is 2.95. The Bertz CT molecular complexity index is 2390. The summed E-state index contributed by atoms with van der Waals surface area (Å²) >= 11 is 1.80. The molecule has 9 rings (SSSR count). The van der Waals surface area contributed by atoms with Gasteiger partial charge in [-0.05, 0) is 58.3 Å². The maximum atomic E-state index is 6.57. The van der Waals surface area contributed by atoms with Crippen LogP contribution < -0.4 is 0 Å². The lowest BCUT2D eigenvalue weighted by Crippen LogP contribution is -1.94. The Morgan fingerprint density at radius 2 is 1.38 bits per heavy atom. The summed E-state index contributed by atoms with van der Waals surface area (Å²) in [4.78, 5) is 5.19. The number of oxazole rings is 1. The summed E-state index contributed by atoms with van der Waals surface area (Å²) in [6.07, 6.45) is 0. The van der Waals surface area contributed by atoms with Gasteiger partial charge >= 0.3 is 6.01 Å². The summed E-state index contributed by atoms with van der Waals surface area (Å²) < 4.78 is 11.3. The molecule has 3 heterocycles. The first-order valence-electron chi connectivity index (χ1n) is 13.1. The van der Waals surface area contributed by atoms with Crippen LogP contribution in [0.3, 0.4) is 0 Å². The molecule has 9 aromatic rings. The highest BCUT2D eigenvalue weighted by atomic mass is 32.1. The fourth-order valence-corrected chi connectivity index (χ4v) is 7.21. The average Bonchev–Trinajstić information content (AvgIpc) is 3.67. The molecular weight excluding hydrogens is 496 g/mol. The van der Waals surface area contributed by atoms with E-state index in [1.54, 1.807) is 11.3 Å². The molecule has 0 saturated carbocycles. The number of fused-ring (bicyclic) bond motifs is 9. The third-order valence-corrected chi connectivity index (χ3v) is 8.96. The Balaban J connectivity index is 1.43. The monoisotopic (exact) mass is 516 g/mol. The Morgan fingerprint density at radius 1 is 0.590 bits per heavy atom. The van der Waals surface area contributed by atoms with Crippen molar-refractivity contribution < 1.29 is 4.42 Å². The van der Waals surface area contributed by atoms with Crippen LogP contribution in [0.5, 0.6) is 0 Å². The SMILES string of the molecule is c1ccc(-c2cccc3c2c2cc4ccccc4cc2n3-c2nc3c(ccc4sc5ccccc5c43)o2)cc1. The molecule has 0 aliphatic rings. The molecular formula is C35H20N2OS. The van der Waals surface area contributed by atoms with Crippen molar-refractivity contribution in [1.82, 2.24) is 9.55 Å². The molecule has 0 N–H and O–H groups in total. The number of thiophene rings is 1. The van der Waals surface area contributed by atoms with E-state index in [-0.39, 0.29) is 0 Å². The van der Waals surface area contributed by atoms with E-state index in [1.165, 1.54) is 52.8 Å². The van der Waals surface area contributed by atoms with Crippen molar-refractivity contribution in [1.29, 1.82) is 0 Å². The van der Waals surface area contributed by atoms with Gasteiger partial charge in [0.2, 0.25) is 0 Å². The summed E-state index contributed by atoms with van der Waals surface area (Å²) in [7, 11) is 0. The van der Waals surface area contributed by atoms with E-state index >= 15 is 0 Å². The Hall–Kier alpha value is -4.93. The second-order valence-electron chi connectivity index (χ2n) is 10.00. The van der Waals surface area contributed by atoms with Crippen LogP contribution in [0.15, 0.2) is 126 Å². The van der Waals surface area contributed by atoms with Crippen molar-refractivity contribution >= 4 is 75.2 Å². The second-order valence-corrected chi connectivity index (χ2v) is 11.1.